The molecule has 0 unspecified atom stereocenters. The summed E-state index contributed by atoms with van der Waals surface area (Å²) in [6.45, 7) is 2.55. The Balaban J connectivity index is 2.30. The maximum absolute atomic E-state index is 12.0. The second-order valence-electron chi connectivity index (χ2n) is 4.79. The van der Waals surface area contributed by atoms with Crippen molar-refractivity contribution in [3.63, 3.8) is 0 Å². The van der Waals surface area contributed by atoms with E-state index in [1.54, 1.807) is 26.0 Å². The van der Waals surface area contributed by atoms with Crippen molar-refractivity contribution in [1.82, 2.24) is 4.90 Å². The lowest BCUT2D eigenvalue weighted by Gasteiger charge is -2.40. The predicted octanol–water partition coefficient (Wildman–Crippen LogP) is 1.36. The van der Waals surface area contributed by atoms with Gasteiger partial charge in [0.25, 0.3) is 0 Å². The van der Waals surface area contributed by atoms with Crippen molar-refractivity contribution in [1.29, 1.82) is 0 Å². The summed E-state index contributed by atoms with van der Waals surface area (Å²) in [7, 11) is 3.37. The Morgan fingerprint density at radius 3 is 2.44 bits per heavy atom. The van der Waals surface area contributed by atoms with Crippen molar-refractivity contribution in [2.24, 2.45) is 0 Å². The number of esters is 1. The number of carbonyl (C=O) groups is 2. The van der Waals surface area contributed by atoms with Crippen molar-refractivity contribution in [2.45, 2.75) is 44.6 Å². The summed E-state index contributed by atoms with van der Waals surface area (Å²) in [5.41, 5.74) is -0.255. The zero-order chi connectivity index (χ0) is 13.6. The van der Waals surface area contributed by atoms with Crippen molar-refractivity contribution < 1.29 is 19.1 Å². The summed E-state index contributed by atoms with van der Waals surface area (Å²) in [5, 5.41) is 0. The van der Waals surface area contributed by atoms with E-state index in [1.807, 2.05) is 0 Å². The molecule has 0 N–H and O–H groups in total. The van der Waals surface area contributed by atoms with Crippen LogP contribution in [0.5, 0.6) is 0 Å². The summed E-state index contributed by atoms with van der Waals surface area (Å²) in [5.74, 6) is -0.233. The van der Waals surface area contributed by atoms with Crippen LogP contribution in [0.25, 0.3) is 0 Å². The molecular weight excluding hydrogens is 234 g/mol. The van der Waals surface area contributed by atoms with Gasteiger partial charge in [-0.2, -0.15) is 0 Å². The third kappa shape index (κ3) is 3.98. The van der Waals surface area contributed by atoms with Gasteiger partial charge in [0.15, 0.2) is 0 Å². The largest absolute Gasteiger partial charge is 0.466 e. The lowest BCUT2D eigenvalue weighted by Crippen LogP contribution is -2.44. The highest BCUT2D eigenvalue weighted by Crippen LogP contribution is 2.38. The predicted molar refractivity (Wildman–Crippen MR) is 67.1 cm³/mol. The summed E-state index contributed by atoms with van der Waals surface area (Å²) in [4.78, 5) is 24.7. The fourth-order valence-corrected chi connectivity index (χ4v) is 2.05. The lowest BCUT2D eigenvalue weighted by molar-refractivity contribution is -0.146. The highest BCUT2D eigenvalue weighted by Gasteiger charge is 2.39. The summed E-state index contributed by atoms with van der Waals surface area (Å²) < 4.78 is 10.2. The van der Waals surface area contributed by atoms with E-state index in [9.17, 15) is 9.59 Å². The highest BCUT2D eigenvalue weighted by molar-refractivity contribution is 5.78. The van der Waals surface area contributed by atoms with Gasteiger partial charge in [0.2, 0.25) is 5.91 Å². The van der Waals surface area contributed by atoms with Crippen LogP contribution in [0, 0.1) is 0 Å². The maximum Gasteiger partial charge on any atom is 0.307 e. The number of rotatable bonds is 7. The van der Waals surface area contributed by atoms with E-state index in [4.69, 9.17) is 9.47 Å². The van der Waals surface area contributed by atoms with Crippen molar-refractivity contribution >= 4 is 11.9 Å². The minimum Gasteiger partial charge on any atom is -0.466 e. The Morgan fingerprint density at radius 2 is 2.00 bits per heavy atom. The Bertz CT molecular complexity index is 294. The normalized spacial score (nSPS) is 16.8. The fourth-order valence-electron chi connectivity index (χ4n) is 2.05. The SMILES string of the molecule is CCOC(=O)CCN(C)C(=O)CC1(OC)CCC1. The standard InChI is InChI=1S/C13H23NO4/c1-4-18-12(16)6-9-14(2)11(15)10-13(17-3)7-5-8-13/h4-10H2,1-3H3. The third-order valence-corrected chi connectivity index (χ3v) is 3.55. The van der Waals surface area contributed by atoms with Gasteiger partial charge in [0.1, 0.15) is 0 Å². The molecule has 0 bridgehead atoms. The van der Waals surface area contributed by atoms with E-state index in [2.05, 4.69) is 0 Å². The number of methoxy groups -OCH3 is 1. The second-order valence-corrected chi connectivity index (χ2v) is 4.79. The zero-order valence-electron chi connectivity index (χ0n) is 11.5. The van der Waals surface area contributed by atoms with Crippen LogP contribution in [0.15, 0.2) is 0 Å². The van der Waals surface area contributed by atoms with Gasteiger partial charge in [-0.1, -0.05) is 0 Å². The first-order valence-electron chi connectivity index (χ1n) is 6.48. The maximum atomic E-state index is 12.0. The smallest absolute Gasteiger partial charge is 0.307 e. The van der Waals surface area contributed by atoms with Crippen LogP contribution in [0.1, 0.15) is 39.0 Å². The Labute approximate surface area is 108 Å². The number of carbonyl (C=O) groups excluding carboxylic acids is 2. The molecule has 18 heavy (non-hydrogen) atoms. The number of amides is 1. The molecule has 104 valence electrons. The fraction of sp³-hybridized carbons (Fsp3) is 0.846. The Kier molecular flexibility index (Phi) is 5.59. The van der Waals surface area contributed by atoms with E-state index >= 15 is 0 Å². The van der Waals surface area contributed by atoms with E-state index < -0.39 is 0 Å². The van der Waals surface area contributed by atoms with Gasteiger partial charge >= 0.3 is 5.97 Å². The molecule has 0 saturated heterocycles. The minimum absolute atomic E-state index is 0.0286. The number of nitrogens with zero attached hydrogens (tertiary/aromatic N) is 1. The molecule has 0 aromatic rings. The molecule has 0 heterocycles. The Morgan fingerprint density at radius 1 is 1.33 bits per heavy atom. The Hall–Kier alpha value is -1.10. The summed E-state index contributed by atoms with van der Waals surface area (Å²) in [6.07, 6.45) is 3.66. The highest BCUT2D eigenvalue weighted by atomic mass is 16.5. The van der Waals surface area contributed by atoms with Crippen molar-refractivity contribution in [2.75, 3.05) is 27.3 Å². The molecule has 5 nitrogen and oxygen atoms in total. The van der Waals surface area contributed by atoms with Gasteiger partial charge < -0.3 is 14.4 Å². The van der Waals surface area contributed by atoms with Gasteiger partial charge in [0, 0.05) is 20.7 Å². The molecular formula is C13H23NO4. The molecule has 0 spiro atoms. The molecule has 1 fully saturated rings. The first-order valence-corrected chi connectivity index (χ1v) is 6.48. The first kappa shape index (κ1) is 15.0. The van der Waals surface area contributed by atoms with Crippen LogP contribution in [-0.2, 0) is 19.1 Å². The topological polar surface area (TPSA) is 55.8 Å². The van der Waals surface area contributed by atoms with Crippen LogP contribution >= 0.6 is 0 Å². The molecule has 1 rings (SSSR count). The first-order chi connectivity index (χ1) is 8.53. The molecule has 0 aromatic heterocycles. The van der Waals surface area contributed by atoms with Crippen LogP contribution in [0.2, 0.25) is 0 Å². The van der Waals surface area contributed by atoms with E-state index in [0.717, 1.165) is 19.3 Å². The lowest BCUT2D eigenvalue weighted by atomic mass is 9.77. The van der Waals surface area contributed by atoms with Crippen LogP contribution in [-0.4, -0.2) is 49.7 Å². The average Bonchev–Trinajstić information content (AvgIpc) is 2.30. The second kappa shape index (κ2) is 6.73. The molecule has 1 amide bonds. The van der Waals surface area contributed by atoms with Crippen LogP contribution in [0.4, 0.5) is 0 Å². The molecule has 0 atom stereocenters. The van der Waals surface area contributed by atoms with Gasteiger partial charge in [-0.3, -0.25) is 9.59 Å². The molecule has 1 aliphatic carbocycles. The van der Waals surface area contributed by atoms with Gasteiger partial charge in [0.05, 0.1) is 25.0 Å². The van der Waals surface area contributed by atoms with Crippen molar-refractivity contribution in [3.05, 3.63) is 0 Å². The molecule has 0 aromatic carbocycles. The molecule has 0 aliphatic heterocycles. The monoisotopic (exact) mass is 257 g/mol. The van der Waals surface area contributed by atoms with Crippen molar-refractivity contribution in [3.8, 4) is 0 Å². The van der Waals surface area contributed by atoms with E-state index in [-0.39, 0.29) is 23.9 Å². The number of ether oxygens (including phenoxy) is 2. The van der Waals surface area contributed by atoms with E-state index in [0.29, 0.717) is 19.6 Å². The molecule has 0 radical (unpaired) electrons. The molecule has 1 saturated carbocycles. The van der Waals surface area contributed by atoms with Gasteiger partial charge in [-0.15, -0.1) is 0 Å². The quantitative estimate of drug-likeness (QED) is 0.646. The molecule has 5 heteroatoms. The van der Waals surface area contributed by atoms with Crippen LogP contribution in [0.3, 0.4) is 0 Å². The molecule has 1 aliphatic rings. The summed E-state index contributed by atoms with van der Waals surface area (Å²) >= 11 is 0. The van der Waals surface area contributed by atoms with Gasteiger partial charge in [-0.25, -0.2) is 0 Å². The zero-order valence-corrected chi connectivity index (χ0v) is 11.5. The summed E-state index contributed by atoms with van der Waals surface area (Å²) in [6, 6.07) is 0. The minimum atomic E-state index is -0.262. The number of hydrogen-bond acceptors (Lipinski definition) is 4. The third-order valence-electron chi connectivity index (χ3n) is 3.55. The van der Waals surface area contributed by atoms with Crippen LogP contribution < -0.4 is 0 Å². The number of hydrogen-bond donors (Lipinski definition) is 0. The van der Waals surface area contributed by atoms with Gasteiger partial charge in [-0.05, 0) is 26.2 Å². The van der Waals surface area contributed by atoms with E-state index in [1.165, 1.54) is 0 Å². The average molecular weight is 257 g/mol.